The molecular formula is C17H15Cl2F2IN2O3. The summed E-state index contributed by atoms with van der Waals surface area (Å²) in [6, 6.07) is 5.90. The molecule has 0 heterocycles. The van der Waals surface area contributed by atoms with Gasteiger partial charge in [0.15, 0.2) is 11.6 Å². The zero-order chi connectivity index (χ0) is 20.0. The van der Waals surface area contributed by atoms with Crippen LogP contribution in [0.4, 0.5) is 20.2 Å². The molecular weight excluding hydrogens is 516 g/mol. The van der Waals surface area contributed by atoms with E-state index in [4.69, 9.17) is 33.1 Å². The number of nitrogens with one attached hydrogen (secondary N) is 2. The standard InChI is InChI=1S/C17H15Cl2F2IN2O3/c18-11-7-9(22)3-4-13(11)23-16-10(8-12(19)14(20)15(16)21)17(26)24-27-6-2-1-5-25/h3-4,7-8,23,25H,1-2,5-6H2,(H,24,26). The summed E-state index contributed by atoms with van der Waals surface area (Å²) in [6.07, 6.45) is 1.02. The van der Waals surface area contributed by atoms with Crippen molar-refractivity contribution in [1.82, 2.24) is 5.48 Å². The lowest BCUT2D eigenvalue weighted by Crippen LogP contribution is -2.25. The molecule has 146 valence electrons. The topological polar surface area (TPSA) is 70.6 Å². The van der Waals surface area contributed by atoms with Crippen molar-refractivity contribution in [2.75, 3.05) is 18.5 Å². The lowest BCUT2D eigenvalue weighted by atomic mass is 10.1. The van der Waals surface area contributed by atoms with Gasteiger partial charge in [-0.05, 0) is 59.7 Å². The van der Waals surface area contributed by atoms with Crippen LogP contribution in [0.5, 0.6) is 0 Å². The Labute approximate surface area is 178 Å². The molecule has 0 saturated heterocycles. The molecule has 5 nitrogen and oxygen atoms in total. The van der Waals surface area contributed by atoms with E-state index in [9.17, 15) is 13.6 Å². The van der Waals surface area contributed by atoms with Crippen molar-refractivity contribution in [3.05, 3.63) is 55.1 Å². The van der Waals surface area contributed by atoms with Crippen molar-refractivity contribution in [1.29, 1.82) is 0 Å². The molecule has 2 aromatic carbocycles. The molecule has 2 rings (SSSR count). The van der Waals surface area contributed by atoms with Gasteiger partial charge in [-0.25, -0.2) is 14.3 Å². The van der Waals surface area contributed by atoms with Gasteiger partial charge >= 0.3 is 0 Å². The maximum Gasteiger partial charge on any atom is 0.277 e. The third-order valence-electron chi connectivity index (χ3n) is 3.42. The summed E-state index contributed by atoms with van der Waals surface area (Å²) < 4.78 is 29.2. The first kappa shape index (κ1) is 22.1. The summed E-state index contributed by atoms with van der Waals surface area (Å²) in [5.41, 5.74) is 1.75. The van der Waals surface area contributed by atoms with Crippen molar-refractivity contribution in [3.63, 3.8) is 0 Å². The molecule has 10 heteroatoms. The Kier molecular flexibility index (Phi) is 8.49. The van der Waals surface area contributed by atoms with Crippen LogP contribution in [0, 0.1) is 15.2 Å². The van der Waals surface area contributed by atoms with Crippen molar-refractivity contribution in [2.24, 2.45) is 0 Å². The largest absolute Gasteiger partial charge is 0.396 e. The van der Waals surface area contributed by atoms with E-state index in [2.05, 4.69) is 33.4 Å². The van der Waals surface area contributed by atoms with Crippen LogP contribution in [0.1, 0.15) is 23.2 Å². The lowest BCUT2D eigenvalue weighted by molar-refractivity contribution is 0.0289. The van der Waals surface area contributed by atoms with Gasteiger partial charge in [0, 0.05) is 10.2 Å². The fraction of sp³-hybridized carbons (Fsp3) is 0.235. The molecule has 0 bridgehead atoms. The zero-order valence-corrected chi connectivity index (χ0v) is 17.5. The number of rotatable bonds is 8. The van der Waals surface area contributed by atoms with E-state index in [1.807, 2.05) is 0 Å². The second-order valence-corrected chi connectivity index (χ2v) is 7.43. The first-order chi connectivity index (χ1) is 12.8. The van der Waals surface area contributed by atoms with Crippen LogP contribution in [0.3, 0.4) is 0 Å². The summed E-state index contributed by atoms with van der Waals surface area (Å²) in [5.74, 6) is -3.42. The Morgan fingerprint density at radius 1 is 1.15 bits per heavy atom. The first-order valence-corrected chi connectivity index (χ1v) is 9.61. The minimum Gasteiger partial charge on any atom is -0.396 e. The molecule has 3 N–H and O–H groups in total. The number of unbranched alkanes of at least 4 members (excludes halogenated alkanes) is 1. The number of anilines is 2. The van der Waals surface area contributed by atoms with Crippen LogP contribution in [0.15, 0.2) is 24.3 Å². The Balaban J connectivity index is 2.29. The van der Waals surface area contributed by atoms with Crippen molar-refractivity contribution >= 4 is 63.1 Å². The third-order valence-corrected chi connectivity index (χ3v) is 4.68. The zero-order valence-electron chi connectivity index (χ0n) is 13.8. The smallest absolute Gasteiger partial charge is 0.277 e. The van der Waals surface area contributed by atoms with Gasteiger partial charge in [-0.3, -0.25) is 9.63 Å². The van der Waals surface area contributed by atoms with Crippen LogP contribution in [0.25, 0.3) is 0 Å². The lowest BCUT2D eigenvalue weighted by Gasteiger charge is -2.15. The van der Waals surface area contributed by atoms with Crippen LogP contribution in [-0.2, 0) is 4.84 Å². The maximum absolute atomic E-state index is 14.5. The monoisotopic (exact) mass is 530 g/mol. The van der Waals surface area contributed by atoms with E-state index in [0.717, 1.165) is 9.64 Å². The number of amides is 1. The molecule has 0 spiro atoms. The van der Waals surface area contributed by atoms with Gasteiger partial charge in [-0.1, -0.05) is 23.2 Å². The summed E-state index contributed by atoms with van der Waals surface area (Å²) in [5, 5.41) is 11.1. The molecule has 0 fully saturated rings. The fourth-order valence-corrected chi connectivity index (χ4v) is 3.17. The summed E-state index contributed by atoms with van der Waals surface area (Å²) in [6.45, 7) is 0.149. The Morgan fingerprint density at radius 2 is 1.89 bits per heavy atom. The quantitative estimate of drug-likeness (QED) is 0.193. The maximum atomic E-state index is 14.5. The molecule has 0 aliphatic carbocycles. The van der Waals surface area contributed by atoms with Gasteiger partial charge < -0.3 is 10.4 Å². The molecule has 0 aliphatic rings. The molecule has 1 amide bonds. The van der Waals surface area contributed by atoms with Gasteiger partial charge in [0.1, 0.15) is 0 Å². The van der Waals surface area contributed by atoms with Gasteiger partial charge in [-0.15, -0.1) is 0 Å². The fourth-order valence-electron chi connectivity index (χ4n) is 2.08. The van der Waals surface area contributed by atoms with E-state index in [1.54, 1.807) is 18.2 Å². The Hall–Kier alpha value is -1.20. The number of halogens is 5. The van der Waals surface area contributed by atoms with E-state index in [0.29, 0.717) is 12.8 Å². The van der Waals surface area contributed by atoms with E-state index < -0.39 is 28.3 Å². The molecule has 27 heavy (non-hydrogen) atoms. The number of aliphatic hydroxyl groups excluding tert-OH is 1. The van der Waals surface area contributed by atoms with Gasteiger partial charge in [0.2, 0.25) is 0 Å². The molecule has 0 radical (unpaired) electrons. The minimum absolute atomic E-state index is 0.000920. The summed E-state index contributed by atoms with van der Waals surface area (Å²) in [4.78, 5) is 17.3. The normalized spacial score (nSPS) is 10.7. The second-order valence-electron chi connectivity index (χ2n) is 5.37. The number of hydroxylamine groups is 1. The predicted molar refractivity (Wildman–Crippen MR) is 109 cm³/mol. The van der Waals surface area contributed by atoms with Gasteiger partial charge in [0.05, 0.1) is 33.6 Å². The minimum atomic E-state index is -1.32. The highest BCUT2D eigenvalue weighted by Crippen LogP contribution is 2.33. The molecule has 0 aliphatic heterocycles. The number of carbonyl (C=O) groups is 1. The molecule has 0 atom stereocenters. The van der Waals surface area contributed by atoms with Crippen LogP contribution >= 0.6 is 45.8 Å². The average Bonchev–Trinajstić information content (AvgIpc) is 2.63. The van der Waals surface area contributed by atoms with Crippen LogP contribution < -0.4 is 10.8 Å². The number of hydrogen-bond donors (Lipinski definition) is 3. The number of benzene rings is 2. The predicted octanol–water partition coefficient (Wildman–Crippen LogP) is 5.05. The third kappa shape index (κ3) is 5.89. The highest BCUT2D eigenvalue weighted by molar-refractivity contribution is 14.1. The molecule has 0 aromatic heterocycles. The highest BCUT2D eigenvalue weighted by Gasteiger charge is 2.23. The van der Waals surface area contributed by atoms with Gasteiger partial charge in [-0.2, -0.15) is 0 Å². The number of aliphatic hydroxyl groups is 1. The number of carbonyl (C=O) groups excluding carboxylic acids is 1. The van der Waals surface area contributed by atoms with Crippen molar-refractivity contribution in [3.8, 4) is 0 Å². The summed E-state index contributed by atoms with van der Waals surface area (Å²) in [7, 11) is 0. The highest BCUT2D eigenvalue weighted by atomic mass is 127. The van der Waals surface area contributed by atoms with Crippen LogP contribution in [-0.4, -0.2) is 24.2 Å². The molecule has 0 unspecified atom stereocenters. The first-order valence-electron chi connectivity index (χ1n) is 7.77. The Bertz CT molecular complexity index is 840. The number of hydrogen-bond acceptors (Lipinski definition) is 4. The van der Waals surface area contributed by atoms with E-state index >= 15 is 0 Å². The summed E-state index contributed by atoms with van der Waals surface area (Å²) >= 11 is 13.8. The molecule has 0 saturated carbocycles. The van der Waals surface area contributed by atoms with E-state index in [-0.39, 0.29) is 29.5 Å². The SMILES string of the molecule is O=C(NOCCCCO)c1cc(Cl)c(F)c(F)c1Nc1ccc(I)cc1Cl. The van der Waals surface area contributed by atoms with Crippen molar-refractivity contribution < 1.29 is 23.5 Å². The van der Waals surface area contributed by atoms with Crippen LogP contribution in [0.2, 0.25) is 10.0 Å². The van der Waals surface area contributed by atoms with E-state index in [1.165, 1.54) is 0 Å². The van der Waals surface area contributed by atoms with Gasteiger partial charge in [0.25, 0.3) is 5.91 Å². The molecule has 2 aromatic rings. The van der Waals surface area contributed by atoms with Crippen molar-refractivity contribution in [2.45, 2.75) is 12.8 Å². The second kappa shape index (κ2) is 10.4. The Morgan fingerprint density at radius 3 is 2.56 bits per heavy atom. The average molecular weight is 531 g/mol.